The first-order valence-electron chi connectivity index (χ1n) is 17.4. The van der Waals surface area contributed by atoms with Crippen molar-refractivity contribution < 1.29 is 41.3 Å². The van der Waals surface area contributed by atoms with Crippen LogP contribution >= 0.6 is 0 Å². The third-order valence-corrected chi connectivity index (χ3v) is 10.4. The molecule has 0 amide bonds. The number of benzene rings is 1. The van der Waals surface area contributed by atoms with Crippen LogP contribution in [0, 0.1) is 5.41 Å². The Balaban J connectivity index is 1.39. The summed E-state index contributed by atoms with van der Waals surface area (Å²) in [7, 11) is 0. The number of aliphatic hydroxyl groups is 2. The van der Waals surface area contributed by atoms with Crippen LogP contribution in [0.3, 0.4) is 0 Å². The van der Waals surface area contributed by atoms with Crippen molar-refractivity contribution in [2.45, 2.75) is 108 Å². The first kappa shape index (κ1) is 36.3. The lowest BCUT2D eigenvalue weighted by Gasteiger charge is -2.41. The Morgan fingerprint density at radius 3 is 2.20 bits per heavy atom. The number of aromatic nitrogens is 3. The predicted octanol–water partition coefficient (Wildman–Crippen LogP) is 8.39. The second-order valence-electron chi connectivity index (χ2n) is 14.8. The van der Waals surface area contributed by atoms with Crippen molar-refractivity contribution in [1.82, 2.24) is 15.0 Å². The molecule has 3 aromatic rings. The molecular formula is C37H44F6N4O3. The normalized spacial score (nSPS) is 21.9. The highest BCUT2D eigenvalue weighted by Gasteiger charge is 2.44. The number of aliphatic hydroxyl groups excluding tert-OH is 2. The predicted molar refractivity (Wildman–Crippen MR) is 175 cm³/mol. The number of alkyl halides is 6. The molecule has 2 N–H and O–H groups in total. The van der Waals surface area contributed by atoms with Crippen LogP contribution in [0.25, 0.3) is 0 Å². The monoisotopic (exact) mass is 706 g/mol. The minimum absolute atomic E-state index is 0.0125. The topological polar surface area (TPSA) is 91.6 Å². The Morgan fingerprint density at radius 1 is 0.960 bits per heavy atom. The standard InChI is InChI=1S/C37H44F6N4O3/c1-35(2)18-27-30(28(49)19-35)29(22-8-12-36(39,40)13-9-22)31(32(38)23-4-6-25(7-5-23)37(41,42)43)33(46-27)24-10-14-47(15-11-24)34-44-20-26(21-45-34)50-17-3-16-48/h4-7,20-22,24,28,32,48-49H,3,8-19H2,1-2H3. The van der Waals surface area contributed by atoms with Crippen LogP contribution in [0.2, 0.25) is 0 Å². The summed E-state index contributed by atoms with van der Waals surface area (Å²) < 4.78 is 91.9. The van der Waals surface area contributed by atoms with Gasteiger partial charge in [0.2, 0.25) is 11.9 Å². The molecule has 1 aromatic carbocycles. The number of piperidine rings is 1. The van der Waals surface area contributed by atoms with E-state index in [1.165, 1.54) is 0 Å². The van der Waals surface area contributed by atoms with Gasteiger partial charge < -0.3 is 19.8 Å². The van der Waals surface area contributed by atoms with E-state index in [2.05, 4.69) is 9.97 Å². The third kappa shape index (κ3) is 7.88. The maximum Gasteiger partial charge on any atom is 0.416 e. The number of fused-ring (bicyclic) bond motifs is 1. The lowest BCUT2D eigenvalue weighted by atomic mass is 9.68. The van der Waals surface area contributed by atoms with Crippen molar-refractivity contribution in [1.29, 1.82) is 0 Å². The zero-order chi connectivity index (χ0) is 35.8. The van der Waals surface area contributed by atoms with Crippen molar-refractivity contribution in [2.24, 2.45) is 5.41 Å². The Bertz CT molecular complexity index is 1620. The molecule has 1 saturated heterocycles. The molecule has 2 fully saturated rings. The van der Waals surface area contributed by atoms with Crippen molar-refractivity contribution in [3.05, 3.63) is 75.9 Å². The molecule has 0 bridgehead atoms. The van der Waals surface area contributed by atoms with E-state index in [0.29, 0.717) is 86.0 Å². The Labute approximate surface area is 288 Å². The van der Waals surface area contributed by atoms with Gasteiger partial charge in [-0.15, -0.1) is 0 Å². The Morgan fingerprint density at radius 2 is 1.60 bits per heavy atom. The van der Waals surface area contributed by atoms with Gasteiger partial charge in [-0.2, -0.15) is 13.2 Å². The van der Waals surface area contributed by atoms with Gasteiger partial charge in [0, 0.05) is 61.7 Å². The molecule has 6 rings (SSSR count). The van der Waals surface area contributed by atoms with Crippen LogP contribution < -0.4 is 9.64 Å². The zero-order valence-corrected chi connectivity index (χ0v) is 28.3. The number of anilines is 1. The highest BCUT2D eigenvalue weighted by molar-refractivity contribution is 5.51. The fraction of sp³-hybridized carbons (Fsp3) is 0.595. The fourth-order valence-electron chi connectivity index (χ4n) is 7.87. The van der Waals surface area contributed by atoms with Crippen LogP contribution in [0.15, 0.2) is 36.7 Å². The summed E-state index contributed by atoms with van der Waals surface area (Å²) in [5.41, 5.74) is 1.15. The molecule has 1 saturated carbocycles. The number of nitrogens with zero attached hydrogens (tertiary/aromatic N) is 4. The van der Waals surface area contributed by atoms with Crippen molar-refractivity contribution in [3.8, 4) is 5.75 Å². The number of hydrogen-bond donors (Lipinski definition) is 2. The van der Waals surface area contributed by atoms with E-state index in [0.717, 1.165) is 24.3 Å². The summed E-state index contributed by atoms with van der Waals surface area (Å²) in [6, 6.07) is 3.97. The second kappa shape index (κ2) is 14.3. The molecule has 3 aliphatic rings. The molecule has 3 heterocycles. The number of ether oxygens (including phenoxy) is 1. The zero-order valence-electron chi connectivity index (χ0n) is 28.3. The van der Waals surface area contributed by atoms with Gasteiger partial charge in [0.25, 0.3) is 0 Å². The van der Waals surface area contributed by atoms with Gasteiger partial charge in [-0.1, -0.05) is 26.0 Å². The smallest absolute Gasteiger partial charge is 0.416 e. The van der Waals surface area contributed by atoms with Gasteiger partial charge in [0.1, 0.15) is 0 Å². The van der Waals surface area contributed by atoms with E-state index in [4.69, 9.17) is 14.8 Å². The molecule has 0 spiro atoms. The van der Waals surface area contributed by atoms with Gasteiger partial charge in [0.05, 0.1) is 36.4 Å². The van der Waals surface area contributed by atoms with E-state index in [1.54, 1.807) is 12.4 Å². The molecule has 1 aliphatic heterocycles. The van der Waals surface area contributed by atoms with Crippen LogP contribution in [0.4, 0.5) is 32.3 Å². The van der Waals surface area contributed by atoms with E-state index in [1.807, 2.05) is 18.7 Å². The van der Waals surface area contributed by atoms with Crippen LogP contribution in [-0.2, 0) is 12.6 Å². The Kier molecular flexibility index (Phi) is 10.4. The van der Waals surface area contributed by atoms with E-state index >= 15 is 4.39 Å². The van der Waals surface area contributed by atoms with Gasteiger partial charge in [-0.3, -0.25) is 4.98 Å². The fourth-order valence-corrected chi connectivity index (χ4v) is 7.87. The van der Waals surface area contributed by atoms with Gasteiger partial charge in [-0.05, 0) is 73.1 Å². The number of halogens is 6. The molecule has 2 aromatic heterocycles. The van der Waals surface area contributed by atoms with Gasteiger partial charge >= 0.3 is 6.18 Å². The van der Waals surface area contributed by atoms with E-state index in [-0.39, 0.29) is 54.7 Å². The lowest BCUT2D eigenvalue weighted by molar-refractivity contribution is -0.137. The quantitative estimate of drug-likeness (QED) is 0.171. The lowest BCUT2D eigenvalue weighted by Crippen LogP contribution is -2.36. The minimum Gasteiger partial charge on any atom is -0.490 e. The Hall–Kier alpha value is -3.45. The number of pyridine rings is 1. The van der Waals surface area contributed by atoms with Gasteiger partial charge in [-0.25, -0.2) is 23.1 Å². The first-order chi connectivity index (χ1) is 23.7. The summed E-state index contributed by atoms with van der Waals surface area (Å²) in [5, 5.41) is 20.6. The molecule has 2 unspecified atom stereocenters. The first-order valence-corrected chi connectivity index (χ1v) is 17.4. The second-order valence-corrected chi connectivity index (χ2v) is 14.8. The van der Waals surface area contributed by atoms with Crippen molar-refractivity contribution >= 4 is 5.95 Å². The summed E-state index contributed by atoms with van der Waals surface area (Å²) in [6.07, 6.45) is -2.39. The SMILES string of the molecule is CC1(C)Cc2nc(C3CCN(c4ncc(OCCCO)cn4)CC3)c(C(F)c3ccc(C(F)(F)F)cc3)c(C3CCC(F)(F)CC3)c2C(O)C1. The molecule has 2 atom stereocenters. The minimum atomic E-state index is -4.59. The maximum absolute atomic E-state index is 17.2. The summed E-state index contributed by atoms with van der Waals surface area (Å²) >= 11 is 0. The third-order valence-electron chi connectivity index (χ3n) is 10.4. The van der Waals surface area contributed by atoms with Crippen LogP contribution in [-0.4, -0.2) is 57.4 Å². The van der Waals surface area contributed by atoms with Crippen LogP contribution in [0.5, 0.6) is 5.75 Å². The van der Waals surface area contributed by atoms with E-state index < -0.39 is 35.9 Å². The molecule has 0 radical (unpaired) electrons. The molecule has 13 heteroatoms. The largest absolute Gasteiger partial charge is 0.490 e. The van der Waals surface area contributed by atoms with E-state index in [9.17, 15) is 27.1 Å². The average Bonchev–Trinajstić information content (AvgIpc) is 3.07. The number of rotatable bonds is 9. The average molecular weight is 707 g/mol. The summed E-state index contributed by atoms with van der Waals surface area (Å²) in [4.78, 5) is 16.0. The molecular weight excluding hydrogens is 662 g/mol. The molecule has 272 valence electrons. The van der Waals surface area contributed by atoms with Crippen molar-refractivity contribution in [2.75, 3.05) is 31.2 Å². The van der Waals surface area contributed by atoms with Crippen LogP contribution in [0.1, 0.15) is 129 Å². The van der Waals surface area contributed by atoms with Gasteiger partial charge in [0.15, 0.2) is 11.9 Å². The summed E-state index contributed by atoms with van der Waals surface area (Å²) in [5.74, 6) is -2.57. The molecule has 7 nitrogen and oxygen atoms in total. The van der Waals surface area contributed by atoms with Crippen molar-refractivity contribution in [3.63, 3.8) is 0 Å². The highest BCUT2D eigenvalue weighted by Crippen LogP contribution is 2.52. The molecule has 50 heavy (non-hydrogen) atoms. The molecule has 2 aliphatic carbocycles. The highest BCUT2D eigenvalue weighted by atomic mass is 19.4. The number of hydrogen-bond acceptors (Lipinski definition) is 7. The maximum atomic E-state index is 17.2. The summed E-state index contributed by atoms with van der Waals surface area (Å²) in [6.45, 7) is 5.43.